The van der Waals surface area contributed by atoms with E-state index in [-0.39, 0.29) is 12.0 Å². The molecule has 0 saturated heterocycles. The van der Waals surface area contributed by atoms with Gasteiger partial charge in [-0.25, -0.2) is 12.8 Å². The summed E-state index contributed by atoms with van der Waals surface area (Å²) in [6.07, 6.45) is 4.73. The van der Waals surface area contributed by atoms with Crippen LogP contribution in [-0.4, -0.2) is 24.9 Å². The number of sulfone groups is 1. The number of nitrogens with zero attached hydrogens (tertiary/aromatic N) is 1. The third-order valence-electron chi connectivity index (χ3n) is 3.56. The van der Waals surface area contributed by atoms with Gasteiger partial charge >= 0.3 is 0 Å². The van der Waals surface area contributed by atoms with Crippen LogP contribution in [-0.2, 0) is 16.3 Å². The molecular weight excluding hydrogens is 297 g/mol. The number of phenolic OH excluding ortho intramolecular Hbond substituents is 1. The summed E-state index contributed by atoms with van der Waals surface area (Å²) in [7, 11) is -3.67. The van der Waals surface area contributed by atoms with Crippen molar-refractivity contribution in [1.29, 1.82) is 0 Å². The molecule has 1 aromatic heterocycles. The van der Waals surface area contributed by atoms with E-state index in [1.165, 1.54) is 18.3 Å². The van der Waals surface area contributed by atoms with Crippen LogP contribution in [0.5, 0.6) is 5.75 Å². The zero-order valence-corrected chi connectivity index (χ0v) is 12.2. The van der Waals surface area contributed by atoms with E-state index >= 15 is 0 Å². The minimum absolute atomic E-state index is 0.207. The molecule has 1 fully saturated rings. The minimum Gasteiger partial charge on any atom is -0.504 e. The van der Waals surface area contributed by atoms with Crippen molar-refractivity contribution in [2.24, 2.45) is 0 Å². The van der Waals surface area contributed by atoms with E-state index in [9.17, 15) is 17.9 Å². The Morgan fingerprint density at radius 1 is 1.38 bits per heavy atom. The molecule has 1 heterocycles. The Bertz CT molecular complexity index is 793. The highest BCUT2D eigenvalue weighted by Crippen LogP contribution is 2.42. The molecule has 0 amide bonds. The van der Waals surface area contributed by atoms with Crippen LogP contribution in [0.4, 0.5) is 4.39 Å². The smallest absolute Gasteiger partial charge is 0.179 e. The van der Waals surface area contributed by atoms with Crippen LogP contribution in [0.1, 0.15) is 35.6 Å². The maximum Gasteiger partial charge on any atom is 0.179 e. The Hall–Kier alpha value is -1.89. The summed E-state index contributed by atoms with van der Waals surface area (Å²) >= 11 is 0. The first kappa shape index (κ1) is 14.1. The molecule has 1 aromatic carbocycles. The maximum atomic E-state index is 14.2. The first-order chi connectivity index (χ1) is 9.88. The zero-order chi connectivity index (χ0) is 15.2. The van der Waals surface area contributed by atoms with E-state index in [2.05, 4.69) is 5.16 Å². The molecule has 2 aromatic rings. The molecule has 0 aliphatic heterocycles. The monoisotopic (exact) mass is 311 g/mol. The van der Waals surface area contributed by atoms with Gasteiger partial charge in [0.05, 0.1) is 6.20 Å². The van der Waals surface area contributed by atoms with E-state index in [0.29, 0.717) is 5.92 Å². The van der Waals surface area contributed by atoms with Gasteiger partial charge in [-0.05, 0) is 24.5 Å². The highest BCUT2D eigenvalue weighted by Gasteiger charge is 2.30. The van der Waals surface area contributed by atoms with E-state index < -0.39 is 26.3 Å². The molecule has 5 nitrogen and oxygen atoms in total. The van der Waals surface area contributed by atoms with Crippen molar-refractivity contribution in [3.63, 3.8) is 0 Å². The van der Waals surface area contributed by atoms with Gasteiger partial charge in [0.1, 0.15) is 10.7 Å². The molecule has 21 heavy (non-hydrogen) atoms. The SMILES string of the molecule is CS(=O)(=O)c1ccc(Cc2cnoc2C2CC2)c(F)c1O. The molecule has 0 radical (unpaired) electrons. The second-order valence-corrected chi connectivity index (χ2v) is 7.31. The lowest BCUT2D eigenvalue weighted by molar-refractivity contribution is 0.382. The van der Waals surface area contributed by atoms with Gasteiger partial charge in [-0.3, -0.25) is 0 Å². The fourth-order valence-corrected chi connectivity index (χ4v) is 3.07. The average Bonchev–Trinajstić information content (AvgIpc) is 3.14. The summed E-state index contributed by atoms with van der Waals surface area (Å²) in [5, 5.41) is 13.5. The average molecular weight is 311 g/mol. The molecule has 1 aliphatic carbocycles. The highest BCUT2D eigenvalue weighted by molar-refractivity contribution is 7.90. The Morgan fingerprint density at radius 3 is 2.71 bits per heavy atom. The fraction of sp³-hybridized carbons (Fsp3) is 0.357. The molecule has 0 atom stereocenters. The molecule has 1 N–H and O–H groups in total. The fourth-order valence-electron chi connectivity index (χ4n) is 2.31. The quantitative estimate of drug-likeness (QED) is 0.937. The van der Waals surface area contributed by atoms with Gasteiger partial charge in [0.2, 0.25) is 0 Å². The summed E-state index contributed by atoms with van der Waals surface area (Å²) in [5.41, 5.74) is 0.980. The molecular formula is C14H14FNO4S. The second kappa shape index (κ2) is 4.84. The number of hydrogen-bond acceptors (Lipinski definition) is 5. The van der Waals surface area contributed by atoms with E-state index in [1.807, 2.05) is 0 Å². The van der Waals surface area contributed by atoms with Crippen molar-refractivity contribution >= 4 is 9.84 Å². The summed E-state index contributed by atoms with van der Waals surface area (Å²) in [6.45, 7) is 0. The third kappa shape index (κ3) is 2.65. The molecule has 3 rings (SSSR count). The molecule has 112 valence electrons. The van der Waals surface area contributed by atoms with Crippen LogP contribution in [0.3, 0.4) is 0 Å². The van der Waals surface area contributed by atoms with Crippen molar-refractivity contribution in [3.8, 4) is 5.75 Å². The Morgan fingerprint density at radius 2 is 2.10 bits per heavy atom. The van der Waals surface area contributed by atoms with Crippen molar-refractivity contribution in [2.75, 3.05) is 6.26 Å². The molecule has 7 heteroatoms. The van der Waals surface area contributed by atoms with Crippen molar-refractivity contribution in [3.05, 3.63) is 41.0 Å². The molecule has 1 saturated carbocycles. The molecule has 1 aliphatic rings. The maximum absolute atomic E-state index is 14.2. The van der Waals surface area contributed by atoms with Crippen LogP contribution >= 0.6 is 0 Å². The summed E-state index contributed by atoms with van der Waals surface area (Å²) in [4.78, 5) is -0.406. The van der Waals surface area contributed by atoms with Crippen molar-refractivity contribution in [2.45, 2.75) is 30.1 Å². The van der Waals surface area contributed by atoms with Crippen LogP contribution < -0.4 is 0 Å². The number of rotatable bonds is 4. The van der Waals surface area contributed by atoms with Crippen molar-refractivity contribution < 1.29 is 22.4 Å². The molecule has 0 bridgehead atoms. The van der Waals surface area contributed by atoms with Crippen molar-refractivity contribution in [1.82, 2.24) is 5.16 Å². The first-order valence-corrected chi connectivity index (χ1v) is 8.41. The second-order valence-electron chi connectivity index (χ2n) is 5.32. The number of halogens is 1. The van der Waals surface area contributed by atoms with E-state index in [1.54, 1.807) is 0 Å². The van der Waals surface area contributed by atoms with Crippen LogP contribution in [0.25, 0.3) is 0 Å². The lowest BCUT2D eigenvalue weighted by atomic mass is 10.0. The van der Waals surface area contributed by atoms with Crippen LogP contribution in [0.2, 0.25) is 0 Å². The zero-order valence-electron chi connectivity index (χ0n) is 11.3. The lowest BCUT2D eigenvalue weighted by Crippen LogP contribution is -2.02. The lowest BCUT2D eigenvalue weighted by Gasteiger charge is -2.08. The van der Waals surface area contributed by atoms with Gasteiger partial charge in [-0.1, -0.05) is 11.2 Å². The van der Waals surface area contributed by atoms with Gasteiger partial charge in [-0.2, -0.15) is 0 Å². The topological polar surface area (TPSA) is 80.4 Å². The van der Waals surface area contributed by atoms with E-state index in [0.717, 1.165) is 30.4 Å². The van der Waals surface area contributed by atoms with Gasteiger partial charge in [-0.15, -0.1) is 0 Å². The Labute approximate surface area is 121 Å². The predicted molar refractivity (Wildman–Crippen MR) is 72.5 cm³/mol. The highest BCUT2D eigenvalue weighted by atomic mass is 32.2. The van der Waals surface area contributed by atoms with Gasteiger partial charge in [0.25, 0.3) is 0 Å². The predicted octanol–water partition coefficient (Wildman–Crippen LogP) is 2.39. The number of hydrogen-bond donors (Lipinski definition) is 1. The minimum atomic E-state index is -3.67. The molecule has 0 unspecified atom stereocenters. The Kier molecular flexibility index (Phi) is 3.24. The summed E-state index contributed by atoms with van der Waals surface area (Å²) < 4.78 is 42.2. The largest absolute Gasteiger partial charge is 0.504 e. The van der Waals surface area contributed by atoms with Gasteiger partial charge in [0, 0.05) is 24.2 Å². The third-order valence-corrected chi connectivity index (χ3v) is 4.69. The van der Waals surface area contributed by atoms with Gasteiger partial charge < -0.3 is 9.63 Å². The van der Waals surface area contributed by atoms with Gasteiger partial charge in [0.15, 0.2) is 21.4 Å². The van der Waals surface area contributed by atoms with E-state index in [4.69, 9.17) is 4.52 Å². The number of aromatic hydroxyl groups is 1. The normalized spacial score (nSPS) is 15.3. The summed E-state index contributed by atoms with van der Waals surface area (Å²) in [6, 6.07) is 2.59. The summed E-state index contributed by atoms with van der Waals surface area (Å²) in [5.74, 6) is -0.657. The van der Waals surface area contributed by atoms with Crippen LogP contribution in [0.15, 0.2) is 27.7 Å². The number of aromatic nitrogens is 1. The number of benzene rings is 1. The Balaban J connectivity index is 1.96. The first-order valence-electron chi connectivity index (χ1n) is 6.51. The van der Waals surface area contributed by atoms with Crippen LogP contribution in [0, 0.1) is 5.82 Å². The molecule has 0 spiro atoms. The number of phenols is 1. The standard InChI is InChI=1S/C14H14FNO4S/c1-21(18,19)11-5-4-9(12(15)13(11)17)6-10-7-16-20-14(10)8-2-3-8/h4-5,7-8,17H,2-3,6H2,1H3.